The van der Waals surface area contributed by atoms with Crippen molar-refractivity contribution in [1.29, 1.82) is 0 Å². The Bertz CT molecular complexity index is 939. The van der Waals surface area contributed by atoms with Crippen LogP contribution < -0.4 is 10.2 Å². The van der Waals surface area contributed by atoms with E-state index >= 15 is 0 Å². The van der Waals surface area contributed by atoms with Crippen LogP contribution in [0.5, 0.6) is 0 Å². The second-order valence-corrected chi connectivity index (χ2v) is 6.91. The second-order valence-electron chi connectivity index (χ2n) is 6.91. The van der Waals surface area contributed by atoms with Gasteiger partial charge in [-0.15, -0.1) is 0 Å². The minimum atomic E-state index is -0.558. The Kier molecular flexibility index (Phi) is 4.94. The highest BCUT2D eigenvalue weighted by Crippen LogP contribution is 2.31. The van der Waals surface area contributed by atoms with E-state index in [9.17, 15) is 19.7 Å². The number of anilines is 2. The van der Waals surface area contributed by atoms with E-state index in [0.717, 1.165) is 16.8 Å². The van der Waals surface area contributed by atoms with Crippen LogP contribution in [0.1, 0.15) is 23.1 Å². The van der Waals surface area contributed by atoms with E-state index in [-0.39, 0.29) is 36.2 Å². The molecule has 1 N–H and O–H groups in total. The zero-order valence-electron chi connectivity index (χ0n) is 15.5. The van der Waals surface area contributed by atoms with Gasteiger partial charge in [-0.3, -0.25) is 19.7 Å². The summed E-state index contributed by atoms with van der Waals surface area (Å²) in [7, 11) is 0. The summed E-state index contributed by atoms with van der Waals surface area (Å²) in [4.78, 5) is 37.5. The van der Waals surface area contributed by atoms with Gasteiger partial charge in [-0.1, -0.05) is 29.8 Å². The van der Waals surface area contributed by atoms with Gasteiger partial charge in [0.05, 0.1) is 10.8 Å². The Balaban J connectivity index is 1.80. The third-order valence-corrected chi connectivity index (χ3v) is 4.83. The van der Waals surface area contributed by atoms with Gasteiger partial charge >= 0.3 is 0 Å². The number of carbonyl (C=O) groups is 2. The van der Waals surface area contributed by atoms with E-state index in [4.69, 9.17) is 0 Å². The number of nitro groups is 1. The summed E-state index contributed by atoms with van der Waals surface area (Å²) in [5.41, 5.74) is 3.50. The molecule has 2 amide bonds. The Morgan fingerprint density at radius 1 is 1.19 bits per heavy atom. The highest BCUT2D eigenvalue weighted by molar-refractivity contribution is 6.04. The van der Waals surface area contributed by atoms with Crippen molar-refractivity contribution < 1.29 is 14.5 Å². The number of hydrogen-bond donors (Lipinski definition) is 1. The lowest BCUT2D eigenvalue weighted by Gasteiger charge is -2.19. The maximum atomic E-state index is 12.7. The van der Waals surface area contributed by atoms with Gasteiger partial charge in [-0.25, -0.2) is 0 Å². The number of aryl methyl sites for hydroxylation is 3. The average molecular weight is 367 g/mol. The Hall–Kier alpha value is -3.22. The molecule has 27 heavy (non-hydrogen) atoms. The van der Waals surface area contributed by atoms with E-state index < -0.39 is 10.8 Å². The summed E-state index contributed by atoms with van der Waals surface area (Å²) in [6.07, 6.45) is 0.0822. The van der Waals surface area contributed by atoms with E-state index in [2.05, 4.69) is 5.32 Å². The molecule has 2 aromatic carbocycles. The lowest BCUT2D eigenvalue weighted by Crippen LogP contribution is -2.29. The first kappa shape index (κ1) is 18.6. The molecule has 0 saturated carbocycles. The largest absolute Gasteiger partial charge is 0.320 e. The fourth-order valence-corrected chi connectivity index (χ4v) is 3.42. The fourth-order valence-electron chi connectivity index (χ4n) is 3.42. The van der Waals surface area contributed by atoms with Gasteiger partial charge in [0.15, 0.2) is 0 Å². The molecule has 2 aromatic rings. The van der Waals surface area contributed by atoms with Crippen molar-refractivity contribution >= 4 is 28.9 Å². The van der Waals surface area contributed by atoms with Gasteiger partial charge < -0.3 is 10.2 Å². The number of nitrogens with one attached hydrogen (secondary N) is 1. The van der Waals surface area contributed by atoms with Gasteiger partial charge in [-0.05, 0) is 38.0 Å². The maximum absolute atomic E-state index is 12.7. The first-order valence-electron chi connectivity index (χ1n) is 8.70. The monoisotopic (exact) mass is 367 g/mol. The number of para-hydroxylation sites is 1. The Morgan fingerprint density at radius 3 is 2.59 bits per heavy atom. The average Bonchev–Trinajstić information content (AvgIpc) is 2.98. The van der Waals surface area contributed by atoms with Crippen molar-refractivity contribution in [3.63, 3.8) is 0 Å². The summed E-state index contributed by atoms with van der Waals surface area (Å²) in [5.74, 6) is -1.06. The van der Waals surface area contributed by atoms with Gasteiger partial charge in [0, 0.05) is 24.7 Å². The SMILES string of the molecule is Cc1ccc(N2CC(C(=O)Nc3c(C)cccc3[N+](=O)[O-])CC2=O)c(C)c1. The van der Waals surface area contributed by atoms with Crippen LogP contribution in [0.25, 0.3) is 0 Å². The van der Waals surface area contributed by atoms with Gasteiger partial charge in [0.2, 0.25) is 11.8 Å². The normalized spacial score (nSPS) is 16.5. The summed E-state index contributed by atoms with van der Waals surface area (Å²) in [5, 5.41) is 13.9. The molecule has 1 aliphatic rings. The third kappa shape index (κ3) is 3.67. The number of nitrogens with zero attached hydrogens (tertiary/aromatic N) is 2. The van der Waals surface area contributed by atoms with Crippen molar-refractivity contribution in [3.05, 3.63) is 63.2 Å². The van der Waals surface area contributed by atoms with Crippen LogP contribution in [0.3, 0.4) is 0 Å². The topological polar surface area (TPSA) is 92.6 Å². The molecule has 0 bridgehead atoms. The number of amides is 2. The predicted octanol–water partition coefficient (Wildman–Crippen LogP) is 3.51. The predicted molar refractivity (Wildman–Crippen MR) is 103 cm³/mol. The van der Waals surface area contributed by atoms with Crippen LogP contribution in [0.15, 0.2) is 36.4 Å². The molecule has 1 fully saturated rings. The Labute approximate surface area is 157 Å². The van der Waals surface area contributed by atoms with Crippen LogP contribution in [0.4, 0.5) is 17.1 Å². The summed E-state index contributed by atoms with van der Waals surface area (Å²) in [6, 6.07) is 10.4. The molecule has 0 aromatic heterocycles. The fraction of sp³-hybridized carbons (Fsp3) is 0.300. The van der Waals surface area contributed by atoms with Crippen LogP contribution in [-0.2, 0) is 9.59 Å². The van der Waals surface area contributed by atoms with Crippen molar-refractivity contribution in [2.75, 3.05) is 16.8 Å². The second kappa shape index (κ2) is 7.19. The van der Waals surface area contributed by atoms with E-state index in [1.807, 2.05) is 32.0 Å². The molecule has 3 rings (SSSR count). The van der Waals surface area contributed by atoms with Crippen molar-refractivity contribution in [2.24, 2.45) is 5.92 Å². The van der Waals surface area contributed by atoms with Crippen LogP contribution in [0, 0.1) is 36.8 Å². The minimum Gasteiger partial charge on any atom is -0.320 e. The first-order valence-corrected chi connectivity index (χ1v) is 8.70. The minimum absolute atomic E-state index is 0.0822. The van der Waals surface area contributed by atoms with Gasteiger partial charge in [-0.2, -0.15) is 0 Å². The standard InChI is InChI=1S/C20H21N3O4/c1-12-7-8-16(14(3)9-12)22-11-15(10-18(22)24)20(25)21-19-13(2)5-4-6-17(19)23(26)27/h4-9,15H,10-11H2,1-3H3,(H,21,25). The maximum Gasteiger partial charge on any atom is 0.293 e. The zero-order valence-corrected chi connectivity index (χ0v) is 15.5. The van der Waals surface area contributed by atoms with Crippen LogP contribution in [0.2, 0.25) is 0 Å². The summed E-state index contributed by atoms with van der Waals surface area (Å²) >= 11 is 0. The van der Waals surface area contributed by atoms with Gasteiger partial charge in [0.1, 0.15) is 5.69 Å². The number of rotatable bonds is 4. The molecule has 140 valence electrons. The molecule has 1 saturated heterocycles. The van der Waals surface area contributed by atoms with Gasteiger partial charge in [0.25, 0.3) is 5.69 Å². The van der Waals surface area contributed by atoms with E-state index in [0.29, 0.717) is 5.56 Å². The molecule has 1 atom stereocenters. The number of hydrogen-bond acceptors (Lipinski definition) is 4. The number of carbonyl (C=O) groups excluding carboxylic acids is 2. The number of nitro benzene ring substituents is 1. The lowest BCUT2D eigenvalue weighted by atomic mass is 10.1. The zero-order chi connectivity index (χ0) is 19.7. The molecular weight excluding hydrogens is 346 g/mol. The smallest absolute Gasteiger partial charge is 0.293 e. The van der Waals surface area contributed by atoms with Crippen molar-refractivity contribution in [1.82, 2.24) is 0 Å². The molecule has 0 radical (unpaired) electrons. The first-order chi connectivity index (χ1) is 12.8. The quantitative estimate of drug-likeness (QED) is 0.661. The lowest BCUT2D eigenvalue weighted by molar-refractivity contribution is -0.384. The molecule has 1 unspecified atom stereocenters. The molecule has 7 nitrogen and oxygen atoms in total. The van der Waals surface area contributed by atoms with E-state index in [1.54, 1.807) is 24.0 Å². The van der Waals surface area contributed by atoms with Crippen molar-refractivity contribution in [3.8, 4) is 0 Å². The Morgan fingerprint density at radius 2 is 1.93 bits per heavy atom. The molecule has 1 aliphatic heterocycles. The summed E-state index contributed by atoms with van der Waals surface area (Å²) < 4.78 is 0. The van der Waals surface area contributed by atoms with Crippen LogP contribution in [-0.4, -0.2) is 23.3 Å². The van der Waals surface area contributed by atoms with Crippen LogP contribution >= 0.6 is 0 Å². The number of benzene rings is 2. The molecule has 1 heterocycles. The van der Waals surface area contributed by atoms with E-state index in [1.165, 1.54) is 6.07 Å². The molecule has 0 aliphatic carbocycles. The third-order valence-electron chi connectivity index (χ3n) is 4.83. The summed E-state index contributed by atoms with van der Waals surface area (Å²) in [6.45, 7) is 5.87. The highest BCUT2D eigenvalue weighted by Gasteiger charge is 2.36. The highest BCUT2D eigenvalue weighted by atomic mass is 16.6. The molecular formula is C20H21N3O4. The molecule has 0 spiro atoms. The molecule has 7 heteroatoms. The van der Waals surface area contributed by atoms with Crippen molar-refractivity contribution in [2.45, 2.75) is 27.2 Å².